The molecule has 0 spiro atoms. The molecule has 0 aliphatic carbocycles. The Bertz CT molecular complexity index is 962. The van der Waals surface area contributed by atoms with Crippen LogP contribution < -0.4 is 14.9 Å². The van der Waals surface area contributed by atoms with Crippen molar-refractivity contribution >= 4 is 12.1 Å². The number of carbonyl (C=O) groups is 1. The van der Waals surface area contributed by atoms with E-state index in [9.17, 15) is 4.79 Å². The molecule has 0 aliphatic heterocycles. The van der Waals surface area contributed by atoms with Crippen molar-refractivity contribution < 1.29 is 14.3 Å². The predicted molar refractivity (Wildman–Crippen MR) is 103 cm³/mol. The van der Waals surface area contributed by atoms with Gasteiger partial charge in [0.1, 0.15) is 17.2 Å². The number of rotatable bonds is 6. The summed E-state index contributed by atoms with van der Waals surface area (Å²) >= 11 is 0. The molecule has 1 heterocycles. The second-order valence-electron chi connectivity index (χ2n) is 5.84. The van der Waals surface area contributed by atoms with Gasteiger partial charge in [-0.15, -0.1) is 0 Å². The van der Waals surface area contributed by atoms with E-state index in [1.54, 1.807) is 38.5 Å². The van der Waals surface area contributed by atoms with Crippen molar-refractivity contribution in [1.29, 1.82) is 0 Å². The minimum absolute atomic E-state index is 0.320. The van der Waals surface area contributed by atoms with Crippen molar-refractivity contribution in [2.75, 3.05) is 14.2 Å². The first kappa shape index (κ1) is 18.2. The van der Waals surface area contributed by atoms with Gasteiger partial charge in [0.25, 0.3) is 5.91 Å². The van der Waals surface area contributed by atoms with Gasteiger partial charge in [-0.1, -0.05) is 29.8 Å². The van der Waals surface area contributed by atoms with E-state index in [0.717, 1.165) is 11.1 Å². The summed E-state index contributed by atoms with van der Waals surface area (Å²) in [6, 6.07) is 14.9. The zero-order valence-corrected chi connectivity index (χ0v) is 15.3. The van der Waals surface area contributed by atoms with E-state index >= 15 is 0 Å². The van der Waals surface area contributed by atoms with Crippen molar-refractivity contribution in [1.82, 2.24) is 15.6 Å². The normalized spacial score (nSPS) is 10.8. The van der Waals surface area contributed by atoms with E-state index in [1.807, 2.05) is 31.2 Å². The maximum atomic E-state index is 12.3. The van der Waals surface area contributed by atoms with E-state index in [2.05, 4.69) is 20.7 Å². The van der Waals surface area contributed by atoms with Crippen molar-refractivity contribution in [2.45, 2.75) is 6.92 Å². The minimum Gasteiger partial charge on any atom is -0.497 e. The Labute approximate surface area is 157 Å². The first-order chi connectivity index (χ1) is 13.1. The molecule has 1 amide bonds. The van der Waals surface area contributed by atoms with Gasteiger partial charge in [0.05, 0.1) is 26.1 Å². The van der Waals surface area contributed by atoms with Crippen LogP contribution in [0.25, 0.3) is 11.3 Å². The fraction of sp³-hybridized carbons (Fsp3) is 0.150. The summed E-state index contributed by atoms with van der Waals surface area (Å²) in [6.45, 7) is 2.02. The maximum Gasteiger partial charge on any atom is 0.289 e. The summed E-state index contributed by atoms with van der Waals surface area (Å²) in [5, 5.41) is 10.9. The molecule has 138 valence electrons. The van der Waals surface area contributed by atoms with Crippen molar-refractivity contribution in [3.63, 3.8) is 0 Å². The topological polar surface area (TPSA) is 88.6 Å². The van der Waals surface area contributed by atoms with Crippen LogP contribution in [0.4, 0.5) is 0 Å². The average Bonchev–Trinajstić information content (AvgIpc) is 3.18. The highest BCUT2D eigenvalue weighted by Gasteiger charge is 2.10. The van der Waals surface area contributed by atoms with Gasteiger partial charge in [0, 0.05) is 11.1 Å². The maximum absolute atomic E-state index is 12.3. The number of ether oxygens (including phenoxy) is 2. The van der Waals surface area contributed by atoms with Crippen LogP contribution in [0.3, 0.4) is 0 Å². The van der Waals surface area contributed by atoms with Crippen LogP contribution in [0.2, 0.25) is 0 Å². The SMILES string of the molecule is COc1ccc(OC)c(C=NNC(=O)c2cc(-c3ccc(C)cc3)n[nH]2)c1. The van der Waals surface area contributed by atoms with Gasteiger partial charge in [0.15, 0.2) is 0 Å². The number of aromatic nitrogens is 2. The van der Waals surface area contributed by atoms with Gasteiger partial charge in [-0.05, 0) is 31.2 Å². The van der Waals surface area contributed by atoms with E-state index in [-0.39, 0.29) is 5.91 Å². The number of hydrogen-bond acceptors (Lipinski definition) is 5. The summed E-state index contributed by atoms with van der Waals surface area (Å²) in [7, 11) is 3.14. The summed E-state index contributed by atoms with van der Waals surface area (Å²) in [4.78, 5) is 12.3. The molecule has 0 saturated carbocycles. The van der Waals surface area contributed by atoms with Crippen molar-refractivity contribution in [3.8, 4) is 22.8 Å². The quantitative estimate of drug-likeness (QED) is 0.519. The fourth-order valence-corrected chi connectivity index (χ4v) is 2.47. The molecule has 27 heavy (non-hydrogen) atoms. The van der Waals surface area contributed by atoms with Crippen LogP contribution in [-0.2, 0) is 0 Å². The fourth-order valence-electron chi connectivity index (χ4n) is 2.47. The van der Waals surface area contributed by atoms with Crippen LogP contribution in [0.15, 0.2) is 53.6 Å². The molecule has 2 aromatic carbocycles. The molecule has 0 atom stereocenters. The molecule has 0 fully saturated rings. The van der Waals surface area contributed by atoms with E-state index < -0.39 is 0 Å². The first-order valence-electron chi connectivity index (χ1n) is 8.28. The Kier molecular flexibility index (Phi) is 5.51. The van der Waals surface area contributed by atoms with Gasteiger partial charge in [-0.3, -0.25) is 9.89 Å². The molecule has 7 heteroatoms. The van der Waals surface area contributed by atoms with Crippen LogP contribution in [0, 0.1) is 6.92 Å². The number of aromatic amines is 1. The van der Waals surface area contributed by atoms with E-state index in [4.69, 9.17) is 9.47 Å². The lowest BCUT2D eigenvalue weighted by Crippen LogP contribution is -2.18. The lowest BCUT2D eigenvalue weighted by Gasteiger charge is -2.06. The number of methoxy groups -OCH3 is 2. The molecule has 2 N–H and O–H groups in total. The third-order valence-electron chi connectivity index (χ3n) is 3.98. The lowest BCUT2D eigenvalue weighted by molar-refractivity contribution is 0.0950. The lowest BCUT2D eigenvalue weighted by atomic mass is 10.1. The summed E-state index contributed by atoms with van der Waals surface area (Å²) in [5.41, 5.74) is 6.26. The highest BCUT2D eigenvalue weighted by molar-refractivity contribution is 5.94. The molecular formula is C20H20N4O3. The number of amides is 1. The average molecular weight is 364 g/mol. The van der Waals surface area contributed by atoms with Gasteiger partial charge in [0.2, 0.25) is 0 Å². The van der Waals surface area contributed by atoms with Gasteiger partial charge in [-0.25, -0.2) is 5.43 Å². The molecule has 0 radical (unpaired) electrons. The zero-order chi connectivity index (χ0) is 19.2. The monoisotopic (exact) mass is 364 g/mol. The smallest absolute Gasteiger partial charge is 0.289 e. The number of aryl methyl sites for hydroxylation is 1. The molecule has 0 saturated heterocycles. The third-order valence-corrected chi connectivity index (χ3v) is 3.98. The molecule has 0 aliphatic rings. The molecule has 3 aromatic rings. The molecular weight excluding hydrogens is 344 g/mol. The number of hydrogen-bond donors (Lipinski definition) is 2. The van der Waals surface area contributed by atoms with Crippen LogP contribution in [0.1, 0.15) is 21.6 Å². The summed E-state index contributed by atoms with van der Waals surface area (Å²) < 4.78 is 10.5. The molecule has 1 aromatic heterocycles. The Balaban J connectivity index is 1.69. The van der Waals surface area contributed by atoms with Crippen LogP contribution in [-0.4, -0.2) is 36.5 Å². The molecule has 0 unspecified atom stereocenters. The number of carbonyl (C=O) groups excluding carboxylic acids is 1. The number of benzene rings is 2. The van der Waals surface area contributed by atoms with E-state index in [0.29, 0.717) is 28.5 Å². The summed E-state index contributed by atoms with van der Waals surface area (Å²) in [5.74, 6) is 0.899. The van der Waals surface area contributed by atoms with Crippen LogP contribution in [0.5, 0.6) is 11.5 Å². The predicted octanol–water partition coefficient (Wildman–Crippen LogP) is 3.17. The molecule has 0 bridgehead atoms. The Morgan fingerprint density at radius 3 is 2.59 bits per heavy atom. The van der Waals surface area contributed by atoms with Gasteiger partial charge >= 0.3 is 0 Å². The number of H-pyrrole nitrogens is 1. The van der Waals surface area contributed by atoms with Gasteiger partial charge in [-0.2, -0.15) is 10.2 Å². The largest absolute Gasteiger partial charge is 0.497 e. The van der Waals surface area contributed by atoms with Crippen molar-refractivity contribution in [3.05, 3.63) is 65.4 Å². The Hall–Kier alpha value is -3.61. The second kappa shape index (κ2) is 8.18. The van der Waals surface area contributed by atoms with Crippen molar-refractivity contribution in [2.24, 2.45) is 5.10 Å². The summed E-state index contributed by atoms with van der Waals surface area (Å²) in [6.07, 6.45) is 1.50. The third kappa shape index (κ3) is 4.33. The standard InChI is InChI=1S/C20H20N4O3/c1-13-4-6-14(7-5-13)17-11-18(23-22-17)20(25)24-21-12-15-10-16(26-2)8-9-19(15)27-3/h4-12H,1-3H3,(H,22,23)(H,24,25). The highest BCUT2D eigenvalue weighted by atomic mass is 16.5. The molecule has 7 nitrogen and oxygen atoms in total. The number of nitrogens with zero attached hydrogens (tertiary/aromatic N) is 2. The minimum atomic E-state index is -0.390. The van der Waals surface area contributed by atoms with Crippen LogP contribution >= 0.6 is 0 Å². The second-order valence-corrected chi connectivity index (χ2v) is 5.84. The van der Waals surface area contributed by atoms with Gasteiger partial charge < -0.3 is 9.47 Å². The highest BCUT2D eigenvalue weighted by Crippen LogP contribution is 2.22. The Morgan fingerprint density at radius 2 is 1.89 bits per heavy atom. The Morgan fingerprint density at radius 1 is 1.11 bits per heavy atom. The zero-order valence-electron chi connectivity index (χ0n) is 15.3. The van der Waals surface area contributed by atoms with E-state index in [1.165, 1.54) is 6.21 Å². The first-order valence-corrected chi connectivity index (χ1v) is 8.28. The molecule has 3 rings (SSSR count). The number of hydrazone groups is 1. The number of nitrogens with one attached hydrogen (secondary N) is 2.